The van der Waals surface area contributed by atoms with Gasteiger partial charge in [0.1, 0.15) is 5.69 Å². The number of halogens is 1. The van der Waals surface area contributed by atoms with Crippen LogP contribution in [0.15, 0.2) is 36.5 Å². The average molecular weight is 259 g/mol. The number of anilines is 1. The Morgan fingerprint density at radius 1 is 1.22 bits per heavy atom. The molecule has 0 aliphatic heterocycles. The molecule has 0 saturated heterocycles. The van der Waals surface area contributed by atoms with Crippen LogP contribution in [-0.2, 0) is 7.05 Å². The van der Waals surface area contributed by atoms with E-state index in [4.69, 9.17) is 17.3 Å². The second-order valence-electron chi connectivity index (χ2n) is 4.10. The fourth-order valence-electron chi connectivity index (χ4n) is 1.94. The van der Waals surface area contributed by atoms with Gasteiger partial charge in [-0.1, -0.05) is 11.6 Å². The third-order valence-corrected chi connectivity index (χ3v) is 3.09. The molecular formula is C13H11ClN4. The number of benzene rings is 1. The topological polar surface area (TPSA) is 56.7 Å². The lowest BCUT2D eigenvalue weighted by Gasteiger charge is -2.01. The number of aryl methyl sites for hydroxylation is 1. The van der Waals surface area contributed by atoms with E-state index in [0.717, 1.165) is 22.6 Å². The van der Waals surface area contributed by atoms with Crippen LogP contribution in [0.1, 0.15) is 0 Å². The summed E-state index contributed by atoms with van der Waals surface area (Å²) in [4.78, 5) is 8.83. The van der Waals surface area contributed by atoms with Crippen LogP contribution in [0, 0.1) is 0 Å². The van der Waals surface area contributed by atoms with E-state index in [0.29, 0.717) is 10.7 Å². The van der Waals surface area contributed by atoms with Crippen molar-refractivity contribution in [3.05, 3.63) is 41.6 Å². The van der Waals surface area contributed by atoms with Crippen LogP contribution in [-0.4, -0.2) is 14.5 Å². The van der Waals surface area contributed by atoms with Gasteiger partial charge in [0.05, 0.1) is 22.9 Å². The number of nitrogen functional groups attached to an aromatic ring is 1. The van der Waals surface area contributed by atoms with E-state index in [9.17, 15) is 0 Å². The van der Waals surface area contributed by atoms with Crippen LogP contribution in [0.4, 0.5) is 5.69 Å². The van der Waals surface area contributed by atoms with E-state index in [1.807, 2.05) is 41.9 Å². The van der Waals surface area contributed by atoms with Gasteiger partial charge in [0, 0.05) is 12.1 Å². The zero-order valence-electron chi connectivity index (χ0n) is 9.76. The second-order valence-corrected chi connectivity index (χ2v) is 4.54. The second kappa shape index (κ2) is 3.99. The molecule has 2 heterocycles. The summed E-state index contributed by atoms with van der Waals surface area (Å²) in [5.74, 6) is 0.798. The van der Waals surface area contributed by atoms with Crippen molar-refractivity contribution in [1.29, 1.82) is 0 Å². The quantitative estimate of drug-likeness (QED) is 0.730. The van der Waals surface area contributed by atoms with Crippen molar-refractivity contribution in [2.75, 3.05) is 5.73 Å². The number of nitrogens with two attached hydrogens (primary N) is 1. The lowest BCUT2D eigenvalue weighted by atomic mass is 10.3. The molecule has 3 aromatic rings. The summed E-state index contributed by atoms with van der Waals surface area (Å²) in [6.07, 6.45) is 1.63. The number of rotatable bonds is 1. The minimum atomic E-state index is 0.639. The molecule has 0 aliphatic carbocycles. The average Bonchev–Trinajstić information content (AvgIpc) is 2.67. The van der Waals surface area contributed by atoms with Crippen molar-refractivity contribution in [1.82, 2.24) is 14.5 Å². The van der Waals surface area contributed by atoms with Gasteiger partial charge in [0.2, 0.25) is 0 Å². The Hall–Kier alpha value is -2.07. The molecule has 90 valence electrons. The zero-order valence-corrected chi connectivity index (χ0v) is 10.5. The van der Waals surface area contributed by atoms with Crippen LogP contribution in [0.3, 0.4) is 0 Å². The number of hydrogen-bond donors (Lipinski definition) is 1. The first-order valence-electron chi connectivity index (χ1n) is 5.49. The molecule has 0 unspecified atom stereocenters. The molecule has 0 bridgehead atoms. The minimum Gasteiger partial charge on any atom is -0.397 e. The zero-order chi connectivity index (χ0) is 12.7. The van der Waals surface area contributed by atoms with Crippen LogP contribution in [0.5, 0.6) is 0 Å². The van der Waals surface area contributed by atoms with E-state index < -0.39 is 0 Å². The van der Waals surface area contributed by atoms with E-state index in [1.165, 1.54) is 0 Å². The maximum atomic E-state index is 5.97. The molecule has 1 aromatic carbocycles. The van der Waals surface area contributed by atoms with Gasteiger partial charge in [0.15, 0.2) is 5.82 Å². The predicted octanol–water partition coefficient (Wildman–Crippen LogP) is 2.87. The molecule has 5 heteroatoms. The number of imidazole rings is 1. The molecule has 0 radical (unpaired) electrons. The van der Waals surface area contributed by atoms with Gasteiger partial charge in [-0.05, 0) is 30.3 Å². The van der Waals surface area contributed by atoms with Crippen molar-refractivity contribution in [2.45, 2.75) is 0 Å². The van der Waals surface area contributed by atoms with Crippen LogP contribution in [0.2, 0.25) is 5.02 Å². The number of fused-ring (bicyclic) bond motifs is 1. The molecule has 0 spiro atoms. The van der Waals surface area contributed by atoms with Crippen molar-refractivity contribution >= 4 is 28.3 Å². The Balaban J connectivity index is 2.23. The van der Waals surface area contributed by atoms with Gasteiger partial charge in [0.25, 0.3) is 0 Å². The smallest absolute Gasteiger partial charge is 0.159 e. The molecule has 2 aromatic heterocycles. The normalized spacial score (nSPS) is 11.0. The Labute approximate surface area is 109 Å². The maximum Gasteiger partial charge on any atom is 0.159 e. The molecule has 2 N–H and O–H groups in total. The van der Waals surface area contributed by atoms with Crippen LogP contribution in [0.25, 0.3) is 22.6 Å². The van der Waals surface area contributed by atoms with Crippen molar-refractivity contribution in [3.8, 4) is 11.5 Å². The van der Waals surface area contributed by atoms with E-state index in [1.54, 1.807) is 6.20 Å². The summed E-state index contributed by atoms with van der Waals surface area (Å²) in [6, 6.07) is 9.32. The highest BCUT2D eigenvalue weighted by molar-refractivity contribution is 6.31. The summed E-state index contributed by atoms with van der Waals surface area (Å²) in [7, 11) is 1.95. The predicted molar refractivity (Wildman–Crippen MR) is 73.4 cm³/mol. The monoisotopic (exact) mass is 258 g/mol. The van der Waals surface area contributed by atoms with Gasteiger partial charge in [-0.2, -0.15) is 0 Å². The molecule has 0 saturated carbocycles. The number of nitrogens with zero attached hydrogens (tertiary/aromatic N) is 3. The molecule has 0 fully saturated rings. The van der Waals surface area contributed by atoms with Crippen LogP contribution < -0.4 is 5.73 Å². The van der Waals surface area contributed by atoms with Gasteiger partial charge < -0.3 is 10.3 Å². The summed E-state index contributed by atoms with van der Waals surface area (Å²) < 4.78 is 1.99. The fourth-order valence-corrected chi connectivity index (χ4v) is 2.11. The first kappa shape index (κ1) is 11.0. The lowest BCUT2D eigenvalue weighted by Crippen LogP contribution is -1.95. The Morgan fingerprint density at radius 2 is 2.06 bits per heavy atom. The van der Waals surface area contributed by atoms with E-state index in [-0.39, 0.29) is 0 Å². The first-order valence-corrected chi connectivity index (χ1v) is 5.87. The number of hydrogen-bond acceptors (Lipinski definition) is 3. The molecule has 3 rings (SSSR count). The molecular weight excluding hydrogens is 248 g/mol. The third-order valence-electron chi connectivity index (χ3n) is 2.86. The van der Waals surface area contributed by atoms with Crippen molar-refractivity contribution < 1.29 is 0 Å². The lowest BCUT2D eigenvalue weighted by molar-refractivity contribution is 0.950. The van der Waals surface area contributed by atoms with Gasteiger partial charge >= 0.3 is 0 Å². The highest BCUT2D eigenvalue weighted by Gasteiger charge is 2.10. The van der Waals surface area contributed by atoms with E-state index >= 15 is 0 Å². The fraction of sp³-hybridized carbons (Fsp3) is 0.0769. The summed E-state index contributed by atoms with van der Waals surface area (Å²) in [6.45, 7) is 0. The highest BCUT2D eigenvalue weighted by Crippen LogP contribution is 2.24. The largest absolute Gasteiger partial charge is 0.397 e. The molecule has 0 aliphatic rings. The minimum absolute atomic E-state index is 0.639. The Morgan fingerprint density at radius 3 is 2.78 bits per heavy atom. The summed E-state index contributed by atoms with van der Waals surface area (Å²) >= 11 is 5.97. The SMILES string of the molecule is Cn1c(-c2ccc(N)cn2)nc2cc(Cl)ccc21. The Bertz CT molecular complexity index is 716. The first-order chi connectivity index (χ1) is 8.65. The third kappa shape index (κ3) is 1.71. The highest BCUT2D eigenvalue weighted by atomic mass is 35.5. The van der Waals surface area contributed by atoms with Gasteiger partial charge in [-0.15, -0.1) is 0 Å². The maximum absolute atomic E-state index is 5.97. The molecule has 4 nitrogen and oxygen atoms in total. The van der Waals surface area contributed by atoms with Crippen LogP contribution >= 0.6 is 11.6 Å². The van der Waals surface area contributed by atoms with Gasteiger partial charge in [-0.3, -0.25) is 4.98 Å². The van der Waals surface area contributed by atoms with Gasteiger partial charge in [-0.25, -0.2) is 4.98 Å². The van der Waals surface area contributed by atoms with Crippen molar-refractivity contribution in [3.63, 3.8) is 0 Å². The molecule has 0 amide bonds. The summed E-state index contributed by atoms with van der Waals surface area (Å²) in [5.41, 5.74) is 8.94. The number of pyridine rings is 1. The van der Waals surface area contributed by atoms with Crippen molar-refractivity contribution in [2.24, 2.45) is 7.05 Å². The molecule has 18 heavy (non-hydrogen) atoms. The summed E-state index contributed by atoms with van der Waals surface area (Å²) in [5, 5.41) is 0.678. The van der Waals surface area contributed by atoms with E-state index in [2.05, 4.69) is 9.97 Å². The number of aromatic nitrogens is 3. The standard InChI is InChI=1S/C13H11ClN4/c1-18-12-5-2-8(14)6-11(12)17-13(18)10-4-3-9(15)7-16-10/h2-7H,15H2,1H3. The Kier molecular flexibility index (Phi) is 2.45. The molecule has 0 atom stereocenters.